The van der Waals surface area contributed by atoms with Crippen molar-refractivity contribution in [2.45, 2.75) is 58.0 Å². The molecule has 1 aliphatic heterocycles. The van der Waals surface area contributed by atoms with E-state index in [0.29, 0.717) is 30.6 Å². The van der Waals surface area contributed by atoms with E-state index in [1.165, 1.54) is 11.3 Å². The van der Waals surface area contributed by atoms with Crippen molar-refractivity contribution in [1.29, 1.82) is 0 Å². The second kappa shape index (κ2) is 6.36. The minimum absolute atomic E-state index is 0.0672. The lowest BCUT2D eigenvalue weighted by Gasteiger charge is -2.37. The van der Waals surface area contributed by atoms with Crippen LogP contribution in [0.25, 0.3) is 0 Å². The van der Waals surface area contributed by atoms with E-state index in [0.717, 1.165) is 17.7 Å². The topological polar surface area (TPSA) is 49.4 Å². The van der Waals surface area contributed by atoms with Gasteiger partial charge in [-0.3, -0.25) is 0 Å². The highest BCUT2D eigenvalue weighted by Gasteiger charge is 2.35. The van der Waals surface area contributed by atoms with E-state index in [1.54, 1.807) is 10.4 Å². The van der Waals surface area contributed by atoms with Crippen LogP contribution >= 0.6 is 11.3 Å². The van der Waals surface area contributed by atoms with Crippen LogP contribution in [0.1, 0.15) is 45.4 Å². The molecule has 6 heteroatoms. The largest absolute Gasteiger partial charge is 0.310 e. The number of sulfonamides is 1. The molecule has 1 fully saturated rings. The highest BCUT2D eigenvalue weighted by atomic mass is 32.2. The maximum atomic E-state index is 12.9. The molecule has 2 rings (SSSR count). The van der Waals surface area contributed by atoms with Crippen molar-refractivity contribution in [3.8, 4) is 0 Å². The first-order valence-electron chi connectivity index (χ1n) is 7.52. The van der Waals surface area contributed by atoms with Crippen LogP contribution in [0, 0.1) is 5.41 Å². The van der Waals surface area contributed by atoms with Gasteiger partial charge in [0, 0.05) is 30.6 Å². The molecule has 0 atom stereocenters. The molecule has 0 radical (unpaired) electrons. The third-order valence-electron chi connectivity index (χ3n) is 3.86. The second-order valence-electron chi connectivity index (χ2n) is 6.85. The highest BCUT2D eigenvalue weighted by molar-refractivity contribution is 7.89. The predicted molar refractivity (Wildman–Crippen MR) is 88.1 cm³/mol. The lowest BCUT2D eigenvalue weighted by atomic mass is 9.85. The summed E-state index contributed by atoms with van der Waals surface area (Å²) in [5.41, 5.74) is 0.0672. The van der Waals surface area contributed by atoms with Gasteiger partial charge < -0.3 is 5.32 Å². The lowest BCUT2D eigenvalue weighted by molar-refractivity contribution is 0.187. The Hall–Kier alpha value is -0.430. The molecule has 1 saturated heterocycles. The summed E-state index contributed by atoms with van der Waals surface area (Å²) in [6.45, 7) is 10.3. The van der Waals surface area contributed by atoms with Gasteiger partial charge in [-0.2, -0.15) is 4.31 Å². The number of thiophene rings is 1. The Morgan fingerprint density at radius 3 is 2.76 bits per heavy atom. The molecule has 0 unspecified atom stereocenters. The maximum Gasteiger partial charge on any atom is 0.244 e. The van der Waals surface area contributed by atoms with Gasteiger partial charge in [0.15, 0.2) is 0 Å². The summed E-state index contributed by atoms with van der Waals surface area (Å²) in [5, 5.41) is 5.18. The molecule has 1 aromatic rings. The van der Waals surface area contributed by atoms with Crippen LogP contribution in [0.15, 0.2) is 16.3 Å². The van der Waals surface area contributed by atoms with Crippen LogP contribution < -0.4 is 5.32 Å². The van der Waals surface area contributed by atoms with Crippen molar-refractivity contribution >= 4 is 21.4 Å². The zero-order valence-electron chi connectivity index (χ0n) is 13.3. The summed E-state index contributed by atoms with van der Waals surface area (Å²) in [5.74, 6) is 0. The van der Waals surface area contributed by atoms with Gasteiger partial charge >= 0.3 is 0 Å². The third-order valence-corrected chi connectivity index (χ3v) is 6.84. The number of rotatable bonds is 5. The highest BCUT2D eigenvalue weighted by Crippen LogP contribution is 2.33. The normalized spacial score (nSPS) is 20.0. The average Bonchev–Trinajstić information content (AvgIpc) is 2.84. The first kappa shape index (κ1) is 16.9. The van der Waals surface area contributed by atoms with Gasteiger partial charge in [-0.25, -0.2) is 8.42 Å². The summed E-state index contributed by atoms with van der Waals surface area (Å²) in [4.78, 5) is 1.39. The summed E-state index contributed by atoms with van der Waals surface area (Å²) in [7, 11) is -3.36. The Labute approximate surface area is 132 Å². The molecule has 21 heavy (non-hydrogen) atoms. The van der Waals surface area contributed by atoms with Gasteiger partial charge in [0.2, 0.25) is 10.0 Å². The standard InChI is InChI=1S/C15H26N2O2S2/c1-12(2)16-10-13-14(6-9-20-13)21(18,19)17-8-5-7-15(3,4)11-17/h6,9,12,16H,5,7-8,10-11H2,1-4H3. The second-order valence-corrected chi connectivity index (χ2v) is 9.76. The van der Waals surface area contributed by atoms with E-state index >= 15 is 0 Å². The van der Waals surface area contributed by atoms with Crippen LogP contribution in [0.5, 0.6) is 0 Å². The van der Waals surface area contributed by atoms with Crippen molar-refractivity contribution < 1.29 is 8.42 Å². The summed E-state index contributed by atoms with van der Waals surface area (Å²) < 4.78 is 27.5. The fourth-order valence-electron chi connectivity index (χ4n) is 2.70. The van der Waals surface area contributed by atoms with Gasteiger partial charge in [0.1, 0.15) is 0 Å². The van der Waals surface area contributed by atoms with Crippen molar-refractivity contribution in [3.05, 3.63) is 16.3 Å². The molecule has 0 spiro atoms. The van der Waals surface area contributed by atoms with Crippen molar-refractivity contribution in [2.75, 3.05) is 13.1 Å². The number of hydrogen-bond donors (Lipinski definition) is 1. The van der Waals surface area contributed by atoms with Crippen LogP contribution in [0.2, 0.25) is 0 Å². The van der Waals surface area contributed by atoms with Gasteiger partial charge in [-0.05, 0) is 29.7 Å². The Morgan fingerprint density at radius 2 is 2.14 bits per heavy atom. The fraction of sp³-hybridized carbons (Fsp3) is 0.733. The first-order valence-corrected chi connectivity index (χ1v) is 9.84. The summed E-state index contributed by atoms with van der Waals surface area (Å²) >= 11 is 1.51. The van der Waals surface area contributed by atoms with Crippen molar-refractivity contribution in [3.63, 3.8) is 0 Å². The zero-order valence-corrected chi connectivity index (χ0v) is 15.0. The minimum Gasteiger partial charge on any atom is -0.310 e. The van der Waals surface area contributed by atoms with E-state index in [4.69, 9.17) is 0 Å². The molecule has 0 aromatic carbocycles. The molecule has 120 valence electrons. The number of nitrogens with one attached hydrogen (secondary N) is 1. The van der Waals surface area contributed by atoms with Gasteiger partial charge in [-0.1, -0.05) is 27.7 Å². The van der Waals surface area contributed by atoms with Crippen LogP contribution in [-0.2, 0) is 16.6 Å². The zero-order chi connectivity index (χ0) is 15.7. The SMILES string of the molecule is CC(C)NCc1sccc1S(=O)(=O)N1CCCC(C)(C)C1. The molecule has 4 nitrogen and oxygen atoms in total. The Kier molecular flexibility index (Phi) is 5.13. The van der Waals surface area contributed by atoms with E-state index in [-0.39, 0.29) is 5.41 Å². The molecule has 0 saturated carbocycles. The van der Waals surface area contributed by atoms with Gasteiger partial charge in [0.25, 0.3) is 0 Å². The fourth-order valence-corrected chi connectivity index (χ4v) is 5.73. The predicted octanol–water partition coefficient (Wildman–Crippen LogP) is 3.06. The molecular formula is C15H26N2O2S2. The average molecular weight is 331 g/mol. The Bertz CT molecular complexity index is 576. The van der Waals surface area contributed by atoms with E-state index in [2.05, 4.69) is 33.0 Å². The molecule has 0 amide bonds. The van der Waals surface area contributed by atoms with Crippen LogP contribution in [0.3, 0.4) is 0 Å². The van der Waals surface area contributed by atoms with Crippen LogP contribution in [0.4, 0.5) is 0 Å². The third kappa shape index (κ3) is 4.06. The van der Waals surface area contributed by atoms with E-state index in [1.807, 2.05) is 5.38 Å². The number of nitrogens with zero attached hydrogens (tertiary/aromatic N) is 1. The van der Waals surface area contributed by atoms with Gasteiger partial charge in [0.05, 0.1) is 4.90 Å². The molecule has 0 aliphatic carbocycles. The lowest BCUT2D eigenvalue weighted by Crippen LogP contribution is -2.43. The molecule has 1 aromatic heterocycles. The summed E-state index contributed by atoms with van der Waals surface area (Å²) in [6, 6.07) is 2.09. The molecular weight excluding hydrogens is 304 g/mol. The molecule has 0 bridgehead atoms. The Balaban J connectivity index is 2.22. The number of hydrogen-bond acceptors (Lipinski definition) is 4. The molecule has 2 heterocycles. The smallest absolute Gasteiger partial charge is 0.244 e. The quantitative estimate of drug-likeness (QED) is 0.903. The van der Waals surface area contributed by atoms with E-state index < -0.39 is 10.0 Å². The van der Waals surface area contributed by atoms with Crippen molar-refractivity contribution in [1.82, 2.24) is 9.62 Å². The molecule has 1 aliphatic rings. The first-order chi connectivity index (χ1) is 9.72. The molecule has 1 N–H and O–H groups in total. The van der Waals surface area contributed by atoms with Crippen LogP contribution in [-0.4, -0.2) is 31.9 Å². The maximum absolute atomic E-state index is 12.9. The minimum atomic E-state index is -3.36. The van der Waals surface area contributed by atoms with Crippen molar-refractivity contribution in [2.24, 2.45) is 5.41 Å². The number of piperidine rings is 1. The van der Waals surface area contributed by atoms with E-state index in [9.17, 15) is 8.42 Å². The monoisotopic (exact) mass is 330 g/mol. The van der Waals surface area contributed by atoms with Gasteiger partial charge in [-0.15, -0.1) is 11.3 Å². The Morgan fingerprint density at radius 1 is 1.43 bits per heavy atom. The summed E-state index contributed by atoms with van der Waals surface area (Å²) in [6.07, 6.45) is 2.03.